The number of hydrogen-bond acceptors (Lipinski definition) is 1. The summed E-state index contributed by atoms with van der Waals surface area (Å²) in [6, 6.07) is 18.3. The number of halogens is 1. The fourth-order valence-electron chi connectivity index (χ4n) is 4.07. The summed E-state index contributed by atoms with van der Waals surface area (Å²) >= 11 is 6.11. The molecule has 0 bridgehead atoms. The molecule has 0 saturated carbocycles. The van der Waals surface area contributed by atoms with E-state index in [1.54, 1.807) is 0 Å². The van der Waals surface area contributed by atoms with Gasteiger partial charge in [-0.05, 0) is 68.5 Å². The van der Waals surface area contributed by atoms with Crippen LogP contribution in [-0.4, -0.2) is 28.5 Å². The van der Waals surface area contributed by atoms with Gasteiger partial charge in [-0.2, -0.15) is 0 Å². The molecule has 0 N–H and O–H groups in total. The molecule has 0 spiro atoms. The Hall–Kier alpha value is -2.52. The van der Waals surface area contributed by atoms with Crippen molar-refractivity contribution in [3.05, 3.63) is 76.4 Å². The van der Waals surface area contributed by atoms with Crippen LogP contribution < -0.4 is 0 Å². The van der Waals surface area contributed by atoms with Gasteiger partial charge in [-0.25, -0.2) is 0 Å². The second kappa shape index (κ2) is 8.08. The normalized spacial score (nSPS) is 15.0. The number of carbonyl (C=O) groups excluding carboxylic acids is 1. The van der Waals surface area contributed by atoms with E-state index in [4.69, 9.17) is 11.6 Å². The number of aromatic nitrogens is 1. The predicted molar refractivity (Wildman–Crippen MR) is 120 cm³/mol. The molecular formula is C25H27ClN2O. The first-order valence-corrected chi connectivity index (χ1v) is 10.7. The first-order chi connectivity index (χ1) is 13.9. The number of amides is 1. The highest BCUT2D eigenvalue weighted by Crippen LogP contribution is 2.32. The van der Waals surface area contributed by atoms with Crippen LogP contribution in [0, 0.1) is 19.8 Å². The van der Waals surface area contributed by atoms with Crippen molar-refractivity contribution in [1.82, 2.24) is 9.47 Å². The maximum atomic E-state index is 13.4. The molecule has 150 valence electrons. The van der Waals surface area contributed by atoms with Crippen LogP contribution in [0.1, 0.15) is 41.4 Å². The predicted octanol–water partition coefficient (Wildman–Crippen LogP) is 6.29. The maximum Gasteiger partial charge on any atom is 0.255 e. The third-order valence-corrected chi connectivity index (χ3v) is 6.23. The second-order valence-corrected chi connectivity index (χ2v) is 8.62. The van der Waals surface area contributed by atoms with Crippen molar-refractivity contribution in [3.63, 3.8) is 0 Å². The Balaban J connectivity index is 1.81. The molecule has 0 unspecified atom stereocenters. The van der Waals surface area contributed by atoms with Crippen LogP contribution in [0.15, 0.2) is 54.6 Å². The van der Waals surface area contributed by atoms with E-state index in [9.17, 15) is 4.79 Å². The summed E-state index contributed by atoms with van der Waals surface area (Å²) in [5.74, 6) is 0.831. The number of nitrogens with zero attached hydrogens (tertiary/aromatic N) is 2. The van der Waals surface area contributed by atoms with E-state index in [-0.39, 0.29) is 5.91 Å². The van der Waals surface area contributed by atoms with Crippen molar-refractivity contribution < 1.29 is 4.79 Å². The van der Waals surface area contributed by atoms with E-state index < -0.39 is 0 Å². The molecule has 2 aromatic carbocycles. The third-order valence-electron chi connectivity index (χ3n) is 5.98. The van der Waals surface area contributed by atoms with Crippen molar-refractivity contribution in [3.8, 4) is 16.9 Å². The number of likely N-dealkylation sites (tertiary alicyclic amines) is 1. The van der Waals surface area contributed by atoms with E-state index in [0.29, 0.717) is 10.9 Å². The average Bonchev–Trinajstić information content (AvgIpc) is 3.06. The van der Waals surface area contributed by atoms with Gasteiger partial charge in [0, 0.05) is 29.5 Å². The first kappa shape index (κ1) is 19.8. The molecule has 1 aliphatic heterocycles. The molecule has 2 heterocycles. The van der Waals surface area contributed by atoms with Crippen molar-refractivity contribution in [2.75, 3.05) is 13.1 Å². The van der Waals surface area contributed by atoms with E-state index in [2.05, 4.69) is 42.7 Å². The van der Waals surface area contributed by atoms with Crippen molar-refractivity contribution >= 4 is 17.5 Å². The zero-order valence-corrected chi connectivity index (χ0v) is 18.0. The van der Waals surface area contributed by atoms with Gasteiger partial charge in [0.05, 0.1) is 11.3 Å². The summed E-state index contributed by atoms with van der Waals surface area (Å²) in [5, 5.41) is 0.706. The Kier molecular flexibility index (Phi) is 5.51. The molecule has 1 aromatic heterocycles. The third kappa shape index (κ3) is 3.97. The molecule has 1 saturated heterocycles. The van der Waals surface area contributed by atoms with E-state index >= 15 is 0 Å². The second-order valence-electron chi connectivity index (χ2n) is 8.18. The van der Waals surface area contributed by atoms with Gasteiger partial charge in [0.25, 0.3) is 5.91 Å². The molecule has 3 nitrogen and oxygen atoms in total. The van der Waals surface area contributed by atoms with Crippen molar-refractivity contribution in [2.45, 2.75) is 33.6 Å². The van der Waals surface area contributed by atoms with Crippen molar-refractivity contribution in [1.29, 1.82) is 0 Å². The molecule has 1 fully saturated rings. The largest absolute Gasteiger partial charge is 0.339 e. The van der Waals surface area contributed by atoms with Gasteiger partial charge >= 0.3 is 0 Å². The summed E-state index contributed by atoms with van der Waals surface area (Å²) < 4.78 is 2.18. The summed E-state index contributed by atoms with van der Waals surface area (Å²) in [7, 11) is 0. The molecule has 3 aromatic rings. The fourth-order valence-corrected chi connectivity index (χ4v) is 4.19. The van der Waals surface area contributed by atoms with Gasteiger partial charge in [-0.15, -0.1) is 0 Å². The number of hydrogen-bond donors (Lipinski definition) is 0. The molecular weight excluding hydrogens is 380 g/mol. The van der Waals surface area contributed by atoms with Gasteiger partial charge in [-0.1, -0.05) is 48.4 Å². The maximum absolute atomic E-state index is 13.4. The standard InChI is InChI=1S/C25H27ClN2O/c1-17-4-10-22(11-5-17)28-19(3)23(25(29)27-14-12-18(2)13-15-27)16-24(28)20-6-8-21(26)9-7-20/h4-11,16,18H,12-15H2,1-3H3. The van der Waals surface area contributed by atoms with E-state index in [0.717, 1.165) is 54.1 Å². The molecule has 1 amide bonds. The first-order valence-electron chi connectivity index (χ1n) is 10.3. The molecule has 29 heavy (non-hydrogen) atoms. The van der Waals surface area contributed by atoms with Gasteiger partial charge in [0.15, 0.2) is 0 Å². The monoisotopic (exact) mass is 406 g/mol. The smallest absolute Gasteiger partial charge is 0.255 e. The lowest BCUT2D eigenvalue weighted by molar-refractivity contribution is 0.0696. The zero-order chi connectivity index (χ0) is 20.5. The minimum Gasteiger partial charge on any atom is -0.339 e. The number of benzene rings is 2. The van der Waals surface area contributed by atoms with Gasteiger partial charge < -0.3 is 9.47 Å². The zero-order valence-electron chi connectivity index (χ0n) is 17.3. The average molecular weight is 407 g/mol. The number of aryl methyl sites for hydroxylation is 1. The molecule has 4 heteroatoms. The van der Waals surface area contributed by atoms with Crippen LogP contribution in [0.2, 0.25) is 5.02 Å². The number of piperidine rings is 1. The SMILES string of the molecule is Cc1ccc(-n2c(-c3ccc(Cl)cc3)cc(C(=O)N3CCC(C)CC3)c2C)cc1. The summed E-state index contributed by atoms with van der Waals surface area (Å²) in [4.78, 5) is 15.4. The molecule has 1 aliphatic rings. The topological polar surface area (TPSA) is 25.2 Å². The lowest BCUT2D eigenvalue weighted by atomic mass is 9.98. The van der Waals surface area contributed by atoms with Crippen LogP contribution in [-0.2, 0) is 0 Å². The van der Waals surface area contributed by atoms with Crippen LogP contribution in [0.3, 0.4) is 0 Å². The van der Waals surface area contributed by atoms with Crippen LogP contribution >= 0.6 is 11.6 Å². The summed E-state index contributed by atoms with van der Waals surface area (Å²) in [6.07, 6.45) is 2.15. The highest BCUT2D eigenvalue weighted by atomic mass is 35.5. The number of rotatable bonds is 3. The lowest BCUT2D eigenvalue weighted by Gasteiger charge is -2.30. The van der Waals surface area contributed by atoms with E-state index in [1.807, 2.05) is 42.2 Å². The molecule has 0 radical (unpaired) electrons. The summed E-state index contributed by atoms with van der Waals surface area (Å²) in [5.41, 5.74) is 6.09. The quantitative estimate of drug-likeness (QED) is 0.502. The Morgan fingerprint density at radius 3 is 2.21 bits per heavy atom. The molecule has 0 aliphatic carbocycles. The number of carbonyl (C=O) groups is 1. The highest BCUT2D eigenvalue weighted by molar-refractivity contribution is 6.30. The van der Waals surface area contributed by atoms with Crippen LogP contribution in [0.4, 0.5) is 0 Å². The van der Waals surface area contributed by atoms with Gasteiger partial charge in [-0.3, -0.25) is 4.79 Å². The Morgan fingerprint density at radius 2 is 1.59 bits per heavy atom. The highest BCUT2D eigenvalue weighted by Gasteiger charge is 2.26. The molecule has 4 rings (SSSR count). The Labute approximate surface area is 177 Å². The van der Waals surface area contributed by atoms with Crippen molar-refractivity contribution in [2.24, 2.45) is 5.92 Å². The lowest BCUT2D eigenvalue weighted by Crippen LogP contribution is -2.38. The van der Waals surface area contributed by atoms with Crippen LogP contribution in [0.5, 0.6) is 0 Å². The molecule has 0 atom stereocenters. The van der Waals surface area contributed by atoms with E-state index in [1.165, 1.54) is 5.56 Å². The summed E-state index contributed by atoms with van der Waals surface area (Å²) in [6.45, 7) is 8.06. The minimum absolute atomic E-state index is 0.135. The fraction of sp³-hybridized carbons (Fsp3) is 0.320. The Morgan fingerprint density at radius 1 is 0.966 bits per heavy atom. The minimum atomic E-state index is 0.135. The van der Waals surface area contributed by atoms with Gasteiger partial charge in [0.2, 0.25) is 0 Å². The van der Waals surface area contributed by atoms with Crippen LogP contribution in [0.25, 0.3) is 16.9 Å². The van der Waals surface area contributed by atoms with Gasteiger partial charge in [0.1, 0.15) is 0 Å². The Bertz CT molecular complexity index is 1010.